The predicted molar refractivity (Wildman–Crippen MR) is 99.9 cm³/mol. The Kier molecular flexibility index (Phi) is 4.85. The molecule has 1 atom stereocenters. The Labute approximate surface area is 155 Å². The Bertz CT molecular complexity index is 750. The monoisotopic (exact) mass is 375 g/mol. The zero-order valence-corrected chi connectivity index (χ0v) is 15.7. The van der Waals surface area contributed by atoms with Crippen LogP contribution in [0.5, 0.6) is 0 Å². The Balaban J connectivity index is 1.53. The number of hydrogen-bond acceptors (Lipinski definition) is 5. The molecule has 2 aromatic heterocycles. The van der Waals surface area contributed by atoms with E-state index >= 15 is 0 Å². The van der Waals surface area contributed by atoms with E-state index in [1.807, 2.05) is 27.8 Å². The number of piperidine rings is 1. The lowest BCUT2D eigenvalue weighted by molar-refractivity contribution is -0.136. The molecule has 4 rings (SSSR count). The SMILES string of the molecule is O=C(C1CCCCN1C(=O)c1csc(-c2cccs2)n1)N1CCCC1. The normalized spacial score (nSPS) is 20.9. The molecule has 2 aromatic rings. The van der Waals surface area contributed by atoms with E-state index in [0.717, 1.165) is 55.1 Å². The first kappa shape index (κ1) is 16.7. The molecule has 2 amide bonds. The molecule has 0 radical (unpaired) electrons. The van der Waals surface area contributed by atoms with E-state index in [1.54, 1.807) is 16.2 Å². The van der Waals surface area contributed by atoms with Crippen LogP contribution >= 0.6 is 22.7 Å². The second kappa shape index (κ2) is 7.25. The minimum atomic E-state index is -0.314. The molecule has 0 aromatic carbocycles. The van der Waals surface area contributed by atoms with Crippen LogP contribution in [0.25, 0.3) is 9.88 Å². The topological polar surface area (TPSA) is 53.5 Å². The zero-order valence-electron chi connectivity index (χ0n) is 14.0. The summed E-state index contributed by atoms with van der Waals surface area (Å²) in [5, 5.41) is 4.70. The molecule has 2 aliphatic rings. The summed E-state index contributed by atoms with van der Waals surface area (Å²) in [6.45, 7) is 2.31. The average molecular weight is 376 g/mol. The minimum absolute atomic E-state index is 0.101. The minimum Gasteiger partial charge on any atom is -0.341 e. The van der Waals surface area contributed by atoms with Crippen molar-refractivity contribution in [3.63, 3.8) is 0 Å². The van der Waals surface area contributed by atoms with E-state index in [0.29, 0.717) is 12.2 Å². The van der Waals surface area contributed by atoms with E-state index < -0.39 is 0 Å². The number of nitrogens with zero attached hydrogens (tertiary/aromatic N) is 3. The Morgan fingerprint density at radius 2 is 1.88 bits per heavy atom. The quantitative estimate of drug-likeness (QED) is 0.825. The van der Waals surface area contributed by atoms with Gasteiger partial charge in [-0.05, 0) is 43.6 Å². The van der Waals surface area contributed by atoms with Crippen LogP contribution in [0.3, 0.4) is 0 Å². The zero-order chi connectivity index (χ0) is 17.2. The molecule has 0 spiro atoms. The van der Waals surface area contributed by atoms with Gasteiger partial charge in [-0.1, -0.05) is 6.07 Å². The average Bonchev–Trinajstić information content (AvgIpc) is 3.42. The third-order valence-electron chi connectivity index (χ3n) is 4.92. The van der Waals surface area contributed by atoms with Crippen LogP contribution in [0, 0.1) is 0 Å². The molecule has 2 aliphatic heterocycles. The van der Waals surface area contributed by atoms with Crippen LogP contribution in [-0.2, 0) is 4.79 Å². The molecule has 132 valence electrons. The summed E-state index contributed by atoms with van der Waals surface area (Å²) in [7, 11) is 0. The van der Waals surface area contributed by atoms with Gasteiger partial charge in [-0.2, -0.15) is 0 Å². The number of rotatable bonds is 3. The van der Waals surface area contributed by atoms with Crippen LogP contribution in [0.4, 0.5) is 0 Å². The van der Waals surface area contributed by atoms with Gasteiger partial charge in [0.05, 0.1) is 4.88 Å². The van der Waals surface area contributed by atoms with Gasteiger partial charge < -0.3 is 9.80 Å². The first-order valence-corrected chi connectivity index (χ1v) is 10.6. The van der Waals surface area contributed by atoms with Gasteiger partial charge in [-0.3, -0.25) is 9.59 Å². The maximum Gasteiger partial charge on any atom is 0.274 e. The van der Waals surface area contributed by atoms with Crippen molar-refractivity contribution >= 4 is 34.5 Å². The first-order chi connectivity index (χ1) is 12.2. The second-order valence-corrected chi connectivity index (χ2v) is 8.36. The third kappa shape index (κ3) is 3.35. The summed E-state index contributed by atoms with van der Waals surface area (Å²) in [4.78, 5) is 35.2. The molecule has 25 heavy (non-hydrogen) atoms. The van der Waals surface area contributed by atoms with Gasteiger partial charge in [-0.25, -0.2) is 4.98 Å². The maximum atomic E-state index is 13.0. The van der Waals surface area contributed by atoms with E-state index in [1.165, 1.54) is 11.3 Å². The largest absolute Gasteiger partial charge is 0.341 e. The van der Waals surface area contributed by atoms with Crippen molar-refractivity contribution in [2.45, 2.75) is 38.1 Å². The van der Waals surface area contributed by atoms with E-state index in [9.17, 15) is 9.59 Å². The Morgan fingerprint density at radius 1 is 1.08 bits per heavy atom. The molecular formula is C18H21N3O2S2. The number of thiophene rings is 1. The van der Waals surface area contributed by atoms with Gasteiger partial charge in [0.15, 0.2) is 0 Å². The number of carbonyl (C=O) groups is 2. The molecule has 1 unspecified atom stereocenters. The van der Waals surface area contributed by atoms with Crippen LogP contribution in [0.1, 0.15) is 42.6 Å². The Hall–Kier alpha value is -1.73. The maximum absolute atomic E-state index is 13.0. The van der Waals surface area contributed by atoms with Crippen molar-refractivity contribution in [1.29, 1.82) is 0 Å². The van der Waals surface area contributed by atoms with Crippen molar-refractivity contribution in [1.82, 2.24) is 14.8 Å². The summed E-state index contributed by atoms with van der Waals surface area (Å²) in [5.41, 5.74) is 0.467. The lowest BCUT2D eigenvalue weighted by Gasteiger charge is -2.36. The van der Waals surface area contributed by atoms with Crippen molar-refractivity contribution in [3.05, 3.63) is 28.6 Å². The standard InChI is InChI=1S/C18H21N3O2S2/c22-17(13-12-25-16(19-13)15-7-5-11-24-15)21-10-2-1-6-14(21)18(23)20-8-3-4-9-20/h5,7,11-12,14H,1-4,6,8-10H2. The molecular weight excluding hydrogens is 354 g/mol. The molecule has 5 nitrogen and oxygen atoms in total. The van der Waals surface area contributed by atoms with E-state index in [-0.39, 0.29) is 17.9 Å². The van der Waals surface area contributed by atoms with Crippen molar-refractivity contribution in [3.8, 4) is 9.88 Å². The molecule has 0 aliphatic carbocycles. The van der Waals surface area contributed by atoms with Crippen LogP contribution < -0.4 is 0 Å². The van der Waals surface area contributed by atoms with Gasteiger partial charge in [0.2, 0.25) is 5.91 Å². The summed E-state index contributed by atoms with van der Waals surface area (Å²) >= 11 is 3.11. The van der Waals surface area contributed by atoms with Gasteiger partial charge in [0.1, 0.15) is 16.7 Å². The van der Waals surface area contributed by atoms with Gasteiger partial charge in [0.25, 0.3) is 5.91 Å². The summed E-state index contributed by atoms with van der Waals surface area (Å²) in [6, 6.07) is 3.68. The van der Waals surface area contributed by atoms with E-state index in [4.69, 9.17) is 0 Å². The summed E-state index contributed by atoms with van der Waals surface area (Å²) in [5.74, 6) is 0.0237. The third-order valence-corrected chi connectivity index (χ3v) is 6.80. The summed E-state index contributed by atoms with van der Waals surface area (Å²) < 4.78 is 0. The number of likely N-dealkylation sites (tertiary alicyclic amines) is 2. The van der Waals surface area contributed by atoms with Crippen molar-refractivity contribution in [2.75, 3.05) is 19.6 Å². The highest BCUT2D eigenvalue weighted by Gasteiger charge is 2.36. The lowest BCUT2D eigenvalue weighted by Crippen LogP contribution is -2.52. The highest BCUT2D eigenvalue weighted by molar-refractivity contribution is 7.20. The highest BCUT2D eigenvalue weighted by Crippen LogP contribution is 2.29. The molecule has 7 heteroatoms. The first-order valence-electron chi connectivity index (χ1n) is 8.83. The Morgan fingerprint density at radius 3 is 2.64 bits per heavy atom. The fourth-order valence-electron chi connectivity index (χ4n) is 3.61. The molecule has 0 saturated carbocycles. The number of carbonyl (C=O) groups excluding carboxylic acids is 2. The smallest absolute Gasteiger partial charge is 0.274 e. The molecule has 4 heterocycles. The van der Waals surface area contributed by atoms with Gasteiger partial charge >= 0.3 is 0 Å². The summed E-state index contributed by atoms with van der Waals surface area (Å²) in [6.07, 6.45) is 4.87. The number of thiazole rings is 1. The van der Waals surface area contributed by atoms with Crippen molar-refractivity contribution in [2.24, 2.45) is 0 Å². The molecule has 0 bridgehead atoms. The number of hydrogen-bond donors (Lipinski definition) is 0. The second-order valence-electron chi connectivity index (χ2n) is 6.56. The molecule has 2 fully saturated rings. The fraction of sp³-hybridized carbons (Fsp3) is 0.500. The lowest BCUT2D eigenvalue weighted by atomic mass is 10.0. The highest BCUT2D eigenvalue weighted by atomic mass is 32.1. The predicted octanol–water partition coefficient (Wildman–Crippen LogP) is 3.49. The molecule has 0 N–H and O–H groups in total. The number of aromatic nitrogens is 1. The van der Waals surface area contributed by atoms with Crippen molar-refractivity contribution < 1.29 is 9.59 Å². The van der Waals surface area contributed by atoms with Gasteiger partial charge in [0, 0.05) is 25.0 Å². The van der Waals surface area contributed by atoms with Crippen LogP contribution in [0.2, 0.25) is 0 Å². The van der Waals surface area contributed by atoms with Crippen LogP contribution in [-0.4, -0.2) is 52.3 Å². The van der Waals surface area contributed by atoms with E-state index in [2.05, 4.69) is 4.98 Å². The molecule has 2 saturated heterocycles. The fourth-order valence-corrected chi connectivity index (χ4v) is 5.22. The van der Waals surface area contributed by atoms with Gasteiger partial charge in [-0.15, -0.1) is 22.7 Å². The van der Waals surface area contributed by atoms with Crippen LogP contribution in [0.15, 0.2) is 22.9 Å². The number of amides is 2.